The standard InChI is InChI=1S/2C21H30O2.C18H19N3O/c2*1-5-6-7-8-15-12-18(22)20-16-11-14(2)9-10-17(16)21(3,4)23-19(20)13-15;1-12-19-9-10-21(12)11-13-7-8-16-17(18(13)22)14-5-3-4-6-15(14)20(16)2/h2*11-13,16-17,22H,5-10H2,1-4H3;3-6,9-10,13H,7-8,11H2,1-2H3/t2*16-,17-;/m11./s1. The number of imidazole rings is 1. The molecule has 0 fully saturated rings. The molecule has 2 aliphatic heterocycles. The van der Waals surface area contributed by atoms with E-state index in [0.29, 0.717) is 23.3 Å². The van der Waals surface area contributed by atoms with Gasteiger partial charge in [0.2, 0.25) is 0 Å². The Balaban J connectivity index is 0.000000138. The van der Waals surface area contributed by atoms with Crippen molar-refractivity contribution in [1.82, 2.24) is 14.1 Å². The van der Waals surface area contributed by atoms with Crippen LogP contribution in [0.1, 0.15) is 182 Å². The molecule has 3 aliphatic carbocycles. The molecule has 2 aromatic heterocycles. The van der Waals surface area contributed by atoms with E-state index < -0.39 is 0 Å². The van der Waals surface area contributed by atoms with Crippen molar-refractivity contribution in [3.63, 3.8) is 0 Å². The zero-order valence-corrected chi connectivity index (χ0v) is 42.9. The number of para-hydroxylation sites is 1. The maximum absolute atomic E-state index is 13.0. The van der Waals surface area contributed by atoms with E-state index in [1.807, 2.05) is 37.4 Å². The number of hydrogen-bond acceptors (Lipinski definition) is 6. The van der Waals surface area contributed by atoms with Crippen LogP contribution in [0.2, 0.25) is 0 Å². The first-order valence-corrected chi connectivity index (χ1v) is 26.0. The largest absolute Gasteiger partial charge is 0.507 e. The molecule has 364 valence electrons. The highest BCUT2D eigenvalue weighted by Gasteiger charge is 2.46. The fourth-order valence-electron chi connectivity index (χ4n) is 12.3. The van der Waals surface area contributed by atoms with Gasteiger partial charge in [0.25, 0.3) is 0 Å². The van der Waals surface area contributed by atoms with E-state index >= 15 is 0 Å². The second-order valence-electron chi connectivity index (χ2n) is 21.9. The molecule has 5 atom stereocenters. The maximum atomic E-state index is 13.0. The first kappa shape index (κ1) is 49.2. The molecule has 5 aliphatic rings. The van der Waals surface area contributed by atoms with Crippen LogP contribution in [-0.2, 0) is 32.9 Å². The van der Waals surface area contributed by atoms with Gasteiger partial charge in [-0.25, -0.2) is 4.98 Å². The molecule has 8 heteroatoms. The van der Waals surface area contributed by atoms with Crippen LogP contribution in [0.4, 0.5) is 0 Å². The molecular formula is C60H79N3O5. The Morgan fingerprint density at radius 1 is 0.721 bits per heavy atom. The number of unbranched alkanes of at least 4 members (excludes halogenated alkanes) is 4. The second-order valence-corrected chi connectivity index (χ2v) is 21.9. The average Bonchev–Trinajstić information content (AvgIpc) is 3.83. The normalized spacial score (nSPS) is 22.8. The van der Waals surface area contributed by atoms with E-state index in [1.54, 1.807) is 6.20 Å². The van der Waals surface area contributed by atoms with Crippen LogP contribution >= 0.6 is 0 Å². The lowest BCUT2D eigenvalue weighted by Gasteiger charge is -2.46. The molecule has 68 heavy (non-hydrogen) atoms. The highest BCUT2D eigenvalue weighted by Crippen LogP contribution is 2.55. The first-order chi connectivity index (χ1) is 32.5. The number of ketones is 1. The minimum atomic E-state index is -0.177. The van der Waals surface area contributed by atoms with Crippen molar-refractivity contribution >= 4 is 16.7 Å². The van der Waals surface area contributed by atoms with Crippen LogP contribution in [0, 0.1) is 24.7 Å². The summed E-state index contributed by atoms with van der Waals surface area (Å²) in [5, 5.41) is 22.5. The summed E-state index contributed by atoms with van der Waals surface area (Å²) in [5.74, 6) is 5.39. The molecule has 2 N–H and O–H groups in total. The molecule has 0 amide bonds. The number of rotatable bonds is 10. The summed E-state index contributed by atoms with van der Waals surface area (Å²) >= 11 is 0. The molecule has 0 radical (unpaired) electrons. The number of phenolic OH excluding ortho intramolecular Hbond substituents is 2. The fourth-order valence-corrected chi connectivity index (χ4v) is 12.3. The van der Waals surface area contributed by atoms with Gasteiger partial charge in [0.15, 0.2) is 5.78 Å². The summed E-state index contributed by atoms with van der Waals surface area (Å²) in [6, 6.07) is 16.5. The van der Waals surface area contributed by atoms with Gasteiger partial charge in [-0.2, -0.15) is 0 Å². The topological polar surface area (TPSA) is 98.7 Å². The summed E-state index contributed by atoms with van der Waals surface area (Å²) in [5.41, 5.74) is 10.2. The summed E-state index contributed by atoms with van der Waals surface area (Å²) in [7, 11) is 2.06. The molecule has 1 unspecified atom stereocenters. The van der Waals surface area contributed by atoms with Crippen LogP contribution in [-0.4, -0.2) is 41.3 Å². The van der Waals surface area contributed by atoms with Crippen molar-refractivity contribution in [2.75, 3.05) is 0 Å². The Labute approximate surface area is 406 Å². The number of phenols is 2. The van der Waals surface area contributed by atoms with Gasteiger partial charge in [0, 0.05) is 88.9 Å². The third kappa shape index (κ3) is 10.1. The molecule has 4 heterocycles. The molecule has 8 nitrogen and oxygen atoms in total. The Morgan fingerprint density at radius 3 is 1.75 bits per heavy atom. The minimum absolute atomic E-state index is 0.0474. The first-order valence-electron chi connectivity index (χ1n) is 26.0. The van der Waals surface area contributed by atoms with Crippen LogP contribution in [0.3, 0.4) is 0 Å². The number of carbonyl (C=O) groups is 1. The van der Waals surface area contributed by atoms with E-state index in [1.165, 1.54) is 66.5 Å². The molecular weight excluding hydrogens is 843 g/mol. The van der Waals surface area contributed by atoms with Crippen LogP contribution in [0.25, 0.3) is 10.9 Å². The summed E-state index contributed by atoms with van der Waals surface area (Å²) in [6.07, 6.45) is 24.2. The minimum Gasteiger partial charge on any atom is -0.507 e. The molecule has 5 aromatic rings. The Kier molecular flexibility index (Phi) is 14.7. The van der Waals surface area contributed by atoms with Crippen molar-refractivity contribution in [1.29, 1.82) is 0 Å². The van der Waals surface area contributed by atoms with E-state index in [-0.39, 0.29) is 34.7 Å². The number of hydrogen-bond donors (Lipinski definition) is 2. The molecule has 0 bridgehead atoms. The number of ether oxygens (including phenoxy) is 2. The van der Waals surface area contributed by atoms with Gasteiger partial charge in [0.05, 0.1) is 0 Å². The Hall–Kier alpha value is -5.24. The van der Waals surface area contributed by atoms with Crippen molar-refractivity contribution in [2.24, 2.45) is 24.8 Å². The van der Waals surface area contributed by atoms with Crippen LogP contribution in [0.5, 0.6) is 23.0 Å². The lowest BCUT2D eigenvalue weighted by molar-refractivity contribution is 0.0104. The summed E-state index contributed by atoms with van der Waals surface area (Å²) < 4.78 is 17.0. The predicted molar refractivity (Wildman–Crippen MR) is 277 cm³/mol. The van der Waals surface area contributed by atoms with Gasteiger partial charge >= 0.3 is 0 Å². The highest BCUT2D eigenvalue weighted by atomic mass is 16.5. The molecule has 0 saturated heterocycles. The Morgan fingerprint density at radius 2 is 1.25 bits per heavy atom. The Bertz CT molecular complexity index is 2570. The smallest absolute Gasteiger partial charge is 0.170 e. The van der Waals surface area contributed by atoms with E-state index in [2.05, 4.69) is 113 Å². The quantitative estimate of drug-likeness (QED) is 0.107. The number of Topliss-reactive ketones (excluding diaryl/α,β-unsaturated/α-hetero) is 1. The molecule has 10 rings (SSSR count). The molecule has 3 aromatic carbocycles. The number of aryl methyl sites for hydroxylation is 4. The number of nitrogens with zero attached hydrogens (tertiary/aromatic N) is 3. The third-order valence-electron chi connectivity index (χ3n) is 16.1. The number of aromatic nitrogens is 3. The zero-order chi connectivity index (χ0) is 48.5. The van der Waals surface area contributed by atoms with Crippen molar-refractivity contribution in [3.8, 4) is 23.0 Å². The van der Waals surface area contributed by atoms with Crippen molar-refractivity contribution < 1.29 is 24.5 Å². The monoisotopic (exact) mass is 922 g/mol. The van der Waals surface area contributed by atoms with Gasteiger partial charge in [-0.15, -0.1) is 0 Å². The van der Waals surface area contributed by atoms with Crippen molar-refractivity contribution in [3.05, 3.63) is 124 Å². The number of allylic oxidation sites excluding steroid dienone is 4. The SMILES string of the molecule is CCCCCc1cc(O)c2c(c1)OC(C)(C)[C@@H]1CCC(C)=C[C@@H]21.CCCCCc1cc(O)c2c(c1)OC(C)(C)[C@@H]1CCC(C)=C[C@@H]21.Cc1nccn1CC1CCc2c(c3ccccc3n2C)C1=O. The maximum Gasteiger partial charge on any atom is 0.170 e. The van der Waals surface area contributed by atoms with Gasteiger partial charge in [-0.3, -0.25) is 4.79 Å². The van der Waals surface area contributed by atoms with E-state index in [9.17, 15) is 15.0 Å². The number of benzene rings is 3. The van der Waals surface area contributed by atoms with Crippen molar-refractivity contribution in [2.45, 2.75) is 182 Å². The van der Waals surface area contributed by atoms with Gasteiger partial charge in [-0.05, 0) is 154 Å². The summed E-state index contributed by atoms with van der Waals surface area (Å²) in [6.45, 7) is 20.3. The number of carbonyl (C=O) groups excluding carboxylic acids is 1. The zero-order valence-electron chi connectivity index (χ0n) is 42.9. The molecule has 0 saturated carbocycles. The number of fused-ring (bicyclic) bond motifs is 9. The average molecular weight is 922 g/mol. The lowest BCUT2D eigenvalue weighted by atomic mass is 9.68. The lowest BCUT2D eigenvalue weighted by Crippen LogP contribution is -2.45. The highest BCUT2D eigenvalue weighted by molar-refractivity contribution is 6.11. The van der Waals surface area contributed by atoms with E-state index in [0.717, 1.165) is 103 Å². The predicted octanol–water partition coefficient (Wildman–Crippen LogP) is 14.6. The summed E-state index contributed by atoms with van der Waals surface area (Å²) in [4.78, 5) is 17.3. The molecule has 0 spiro atoms. The third-order valence-corrected chi connectivity index (χ3v) is 16.1. The number of aromatic hydroxyl groups is 2. The van der Waals surface area contributed by atoms with Gasteiger partial charge in [0.1, 0.15) is 40.0 Å². The second kappa shape index (κ2) is 20.4. The van der Waals surface area contributed by atoms with E-state index in [4.69, 9.17) is 9.47 Å². The van der Waals surface area contributed by atoms with Crippen LogP contribution in [0.15, 0.2) is 84.2 Å². The van der Waals surface area contributed by atoms with Crippen LogP contribution < -0.4 is 9.47 Å². The van der Waals surface area contributed by atoms with Gasteiger partial charge in [-0.1, -0.05) is 81.0 Å². The fraction of sp³-hybridized carbons (Fsp3) is 0.533. The van der Waals surface area contributed by atoms with Gasteiger partial charge < -0.3 is 28.8 Å².